The molecular formula is C36H50N3+. The molecule has 0 aliphatic heterocycles. The van der Waals surface area contributed by atoms with Crippen molar-refractivity contribution in [2.75, 3.05) is 0 Å². The predicted octanol–water partition coefficient (Wildman–Crippen LogP) is 8.98. The van der Waals surface area contributed by atoms with Crippen LogP contribution < -0.4 is 4.57 Å². The molecule has 0 saturated heterocycles. The Morgan fingerprint density at radius 1 is 0.538 bits per heavy atom. The van der Waals surface area contributed by atoms with Gasteiger partial charge in [-0.1, -0.05) is 62.1 Å². The van der Waals surface area contributed by atoms with Crippen molar-refractivity contribution in [1.29, 1.82) is 0 Å². The number of hydrogen-bond acceptors (Lipinski definition) is 2. The lowest BCUT2D eigenvalue weighted by Crippen LogP contribution is -2.33. The molecule has 0 spiro atoms. The molecule has 0 amide bonds. The van der Waals surface area contributed by atoms with E-state index in [4.69, 9.17) is 0 Å². The average Bonchev–Trinajstić information content (AvgIpc) is 2.98. The molecule has 208 valence electrons. The molecule has 0 aromatic carbocycles. The molecule has 3 aromatic heterocycles. The maximum absolute atomic E-state index is 4.20. The fourth-order valence-corrected chi connectivity index (χ4v) is 4.95. The maximum Gasteiger partial charge on any atom is 0.172 e. The zero-order valence-electron chi connectivity index (χ0n) is 24.1. The summed E-state index contributed by atoms with van der Waals surface area (Å²) in [4.78, 5) is 8.39. The van der Waals surface area contributed by atoms with Crippen LogP contribution in [0.3, 0.4) is 0 Å². The first-order valence-corrected chi connectivity index (χ1v) is 15.5. The van der Waals surface area contributed by atoms with Crippen LogP contribution >= 0.6 is 0 Å². The molecule has 3 heteroatoms. The van der Waals surface area contributed by atoms with Crippen LogP contribution in [-0.2, 0) is 25.8 Å². The van der Waals surface area contributed by atoms with Crippen molar-refractivity contribution >= 4 is 0 Å². The number of allylic oxidation sites excluding steroid dienone is 4. The van der Waals surface area contributed by atoms with Crippen LogP contribution in [0.4, 0.5) is 0 Å². The minimum Gasteiger partial charge on any atom is -0.264 e. The number of hydrogen-bond donors (Lipinski definition) is 0. The van der Waals surface area contributed by atoms with E-state index in [0.717, 1.165) is 25.8 Å². The van der Waals surface area contributed by atoms with Crippen LogP contribution in [0.15, 0.2) is 97.9 Å². The highest BCUT2D eigenvalue weighted by Gasteiger charge is 2.01. The first-order chi connectivity index (χ1) is 19.4. The number of aryl methyl sites for hydroxylation is 3. The van der Waals surface area contributed by atoms with Gasteiger partial charge in [-0.2, -0.15) is 0 Å². The summed E-state index contributed by atoms with van der Waals surface area (Å²) in [6.45, 7) is 1.11. The Morgan fingerprint density at radius 3 is 1.67 bits per heavy atom. The molecular weight excluding hydrogens is 474 g/mol. The summed E-state index contributed by atoms with van der Waals surface area (Å²) < 4.78 is 2.36. The second-order valence-corrected chi connectivity index (χ2v) is 10.7. The second kappa shape index (κ2) is 20.8. The quantitative estimate of drug-likeness (QED) is 0.0790. The number of pyridine rings is 3. The predicted molar refractivity (Wildman–Crippen MR) is 165 cm³/mol. The van der Waals surface area contributed by atoms with Crippen molar-refractivity contribution in [3.05, 3.63) is 115 Å². The van der Waals surface area contributed by atoms with Crippen molar-refractivity contribution in [3.63, 3.8) is 0 Å². The minimum atomic E-state index is 1.04. The van der Waals surface area contributed by atoms with Gasteiger partial charge in [-0.15, -0.1) is 0 Å². The van der Waals surface area contributed by atoms with E-state index in [1.54, 1.807) is 0 Å². The highest BCUT2D eigenvalue weighted by Crippen LogP contribution is 2.10. The van der Waals surface area contributed by atoms with Crippen LogP contribution in [0.5, 0.6) is 0 Å². The maximum atomic E-state index is 4.20. The largest absolute Gasteiger partial charge is 0.264 e. The third-order valence-electron chi connectivity index (χ3n) is 7.26. The standard InChI is InChI=1S/C36H50N3/c1(3-6-10-14-21-34-24-18-27-37-31-34)2-4-9-13-17-29-39-30-20-26-36(33-39)23-16-12-8-5-7-11-15-22-35-25-19-28-38-32-35/h2,4,12,16,18-20,24-28,30-33H,1,3,5-11,13-15,17,21-23,29H2/q+1/b4-2-,16-12-. The van der Waals surface area contributed by atoms with Crippen LogP contribution in [-0.4, -0.2) is 9.97 Å². The van der Waals surface area contributed by atoms with E-state index in [1.807, 2.05) is 36.9 Å². The number of aromatic nitrogens is 3. The molecule has 0 N–H and O–H groups in total. The zero-order valence-corrected chi connectivity index (χ0v) is 24.1. The number of rotatable bonds is 21. The zero-order chi connectivity index (χ0) is 27.1. The molecule has 0 aliphatic rings. The van der Waals surface area contributed by atoms with Crippen LogP contribution in [0.1, 0.15) is 100 Å². The van der Waals surface area contributed by atoms with E-state index in [1.165, 1.54) is 100 Å². The Kier molecular flexibility index (Phi) is 16.3. The molecule has 0 unspecified atom stereocenters. The van der Waals surface area contributed by atoms with Gasteiger partial charge in [0.2, 0.25) is 0 Å². The highest BCUT2D eigenvalue weighted by atomic mass is 14.9. The topological polar surface area (TPSA) is 29.7 Å². The van der Waals surface area contributed by atoms with Gasteiger partial charge in [-0.05, 0) is 100.0 Å². The molecule has 0 aliphatic carbocycles. The van der Waals surface area contributed by atoms with Crippen LogP contribution in [0.25, 0.3) is 0 Å². The van der Waals surface area contributed by atoms with E-state index in [9.17, 15) is 0 Å². The Morgan fingerprint density at radius 2 is 1.08 bits per heavy atom. The lowest BCUT2D eigenvalue weighted by molar-refractivity contribution is -0.697. The molecule has 39 heavy (non-hydrogen) atoms. The summed E-state index contributed by atoms with van der Waals surface area (Å²) >= 11 is 0. The van der Waals surface area contributed by atoms with Crippen molar-refractivity contribution in [2.24, 2.45) is 0 Å². The van der Waals surface area contributed by atoms with Gasteiger partial charge in [0.1, 0.15) is 6.54 Å². The molecule has 3 nitrogen and oxygen atoms in total. The Balaban J connectivity index is 1.13. The van der Waals surface area contributed by atoms with E-state index in [0.29, 0.717) is 0 Å². The van der Waals surface area contributed by atoms with Gasteiger partial charge in [0, 0.05) is 42.8 Å². The van der Waals surface area contributed by atoms with Crippen molar-refractivity contribution < 1.29 is 4.57 Å². The molecule has 0 saturated carbocycles. The lowest BCUT2D eigenvalue weighted by Gasteiger charge is -2.01. The summed E-state index contributed by atoms with van der Waals surface area (Å²) in [7, 11) is 0. The van der Waals surface area contributed by atoms with E-state index in [2.05, 4.69) is 75.5 Å². The van der Waals surface area contributed by atoms with Gasteiger partial charge in [-0.25, -0.2) is 4.57 Å². The summed E-state index contributed by atoms with van der Waals surface area (Å²) in [5.74, 6) is 0. The molecule has 3 aromatic rings. The van der Waals surface area contributed by atoms with E-state index in [-0.39, 0.29) is 0 Å². The normalized spacial score (nSPS) is 11.6. The van der Waals surface area contributed by atoms with Crippen molar-refractivity contribution in [3.8, 4) is 0 Å². The average molecular weight is 525 g/mol. The summed E-state index contributed by atoms with van der Waals surface area (Å²) in [6, 6.07) is 12.9. The first-order valence-electron chi connectivity index (χ1n) is 15.5. The van der Waals surface area contributed by atoms with Crippen LogP contribution in [0, 0.1) is 0 Å². The SMILES string of the molecule is C(=C/CCCC[n+]1cccc(C/C=C\CCCCCCc2cccnc2)c1)/CCCCCCc1cccnc1. The number of nitrogens with zero attached hydrogens (tertiary/aromatic N) is 3. The van der Waals surface area contributed by atoms with E-state index < -0.39 is 0 Å². The molecule has 3 rings (SSSR count). The monoisotopic (exact) mass is 524 g/mol. The summed E-state index contributed by atoms with van der Waals surface area (Å²) in [5.41, 5.74) is 4.13. The van der Waals surface area contributed by atoms with Gasteiger partial charge >= 0.3 is 0 Å². The third-order valence-corrected chi connectivity index (χ3v) is 7.26. The van der Waals surface area contributed by atoms with Gasteiger partial charge in [0.25, 0.3) is 0 Å². The third kappa shape index (κ3) is 15.2. The fourth-order valence-electron chi connectivity index (χ4n) is 4.95. The summed E-state index contributed by atoms with van der Waals surface area (Å²) in [5, 5.41) is 0. The summed E-state index contributed by atoms with van der Waals surface area (Å²) in [6.07, 6.45) is 41.6. The first kappa shape index (κ1) is 30.5. The number of unbranched alkanes of at least 4 members (excludes halogenated alkanes) is 10. The molecule has 0 radical (unpaired) electrons. The fraction of sp³-hybridized carbons (Fsp3) is 0.472. The van der Waals surface area contributed by atoms with Crippen LogP contribution in [0.2, 0.25) is 0 Å². The van der Waals surface area contributed by atoms with Gasteiger partial charge in [0.15, 0.2) is 12.4 Å². The van der Waals surface area contributed by atoms with Gasteiger partial charge < -0.3 is 0 Å². The minimum absolute atomic E-state index is 1.04. The smallest absolute Gasteiger partial charge is 0.172 e. The van der Waals surface area contributed by atoms with Crippen molar-refractivity contribution in [2.45, 2.75) is 109 Å². The molecule has 0 fully saturated rings. The highest BCUT2D eigenvalue weighted by molar-refractivity contribution is 5.10. The van der Waals surface area contributed by atoms with Gasteiger partial charge in [-0.3, -0.25) is 9.97 Å². The Bertz CT molecular complexity index is 1040. The molecule has 0 bridgehead atoms. The second-order valence-electron chi connectivity index (χ2n) is 10.7. The van der Waals surface area contributed by atoms with E-state index >= 15 is 0 Å². The lowest BCUT2D eigenvalue weighted by atomic mass is 10.1. The van der Waals surface area contributed by atoms with Gasteiger partial charge in [0.05, 0.1) is 0 Å². The molecule has 0 atom stereocenters. The molecule has 3 heterocycles. The Labute approximate surface area is 238 Å². The van der Waals surface area contributed by atoms with Crippen molar-refractivity contribution in [1.82, 2.24) is 9.97 Å². The Hall–Kier alpha value is -3.07.